The Bertz CT molecular complexity index is 812. The highest BCUT2D eigenvalue weighted by atomic mass is 35.5. The Morgan fingerprint density at radius 3 is 2.46 bits per heavy atom. The summed E-state index contributed by atoms with van der Waals surface area (Å²) in [5.74, 6) is 0.353. The van der Waals surface area contributed by atoms with Crippen LogP contribution < -0.4 is 4.90 Å². The van der Waals surface area contributed by atoms with Crippen LogP contribution in [0.1, 0.15) is 10.9 Å². The van der Waals surface area contributed by atoms with Crippen molar-refractivity contribution in [3.63, 3.8) is 0 Å². The Morgan fingerprint density at radius 2 is 1.79 bits per heavy atom. The summed E-state index contributed by atoms with van der Waals surface area (Å²) < 4.78 is 13.2. The molecule has 1 amide bonds. The van der Waals surface area contributed by atoms with Gasteiger partial charge in [0.2, 0.25) is 0 Å². The predicted molar refractivity (Wildman–Crippen MR) is 98.8 cm³/mol. The van der Waals surface area contributed by atoms with E-state index < -0.39 is 0 Å². The third kappa shape index (κ3) is 2.49. The number of carbonyl (C=O) groups excluding carboxylic acids is 1. The van der Waals surface area contributed by atoms with Gasteiger partial charge in [0.25, 0.3) is 5.91 Å². The number of amides is 1. The number of thiocarbonyl (C=S) groups is 1. The summed E-state index contributed by atoms with van der Waals surface area (Å²) in [6.07, 6.45) is 0. The predicted octanol–water partition coefficient (Wildman–Crippen LogP) is 4.23. The lowest BCUT2D eigenvalue weighted by molar-refractivity contribution is -0.119. The first kappa shape index (κ1) is 15.9. The Hall–Kier alpha value is -1.63. The van der Waals surface area contributed by atoms with Crippen molar-refractivity contribution in [2.45, 2.75) is 11.4 Å². The lowest BCUT2D eigenvalue weighted by Crippen LogP contribution is -2.33. The van der Waals surface area contributed by atoms with Gasteiger partial charge in [-0.3, -0.25) is 9.69 Å². The van der Waals surface area contributed by atoms with E-state index >= 15 is 0 Å². The van der Waals surface area contributed by atoms with Crippen molar-refractivity contribution in [2.75, 3.05) is 10.7 Å². The zero-order valence-electron chi connectivity index (χ0n) is 12.4. The number of anilines is 1. The maximum atomic E-state index is 13.2. The fourth-order valence-corrected chi connectivity index (χ4v) is 5.05. The number of nitrogens with zero attached hydrogens (tertiary/aromatic N) is 2. The molecule has 2 aliphatic heterocycles. The van der Waals surface area contributed by atoms with Crippen molar-refractivity contribution in [2.24, 2.45) is 0 Å². The van der Waals surface area contributed by atoms with Gasteiger partial charge in [0.05, 0.1) is 5.69 Å². The molecule has 7 heteroatoms. The molecule has 0 unspecified atom stereocenters. The molecule has 122 valence electrons. The number of carbonyl (C=O) groups is 1. The third-order valence-electron chi connectivity index (χ3n) is 4.16. The van der Waals surface area contributed by atoms with Crippen LogP contribution in [-0.2, 0) is 4.79 Å². The van der Waals surface area contributed by atoms with Crippen LogP contribution in [0.3, 0.4) is 0 Å². The van der Waals surface area contributed by atoms with Gasteiger partial charge in [-0.2, -0.15) is 0 Å². The summed E-state index contributed by atoms with van der Waals surface area (Å²) in [7, 11) is 0. The van der Waals surface area contributed by atoms with Crippen LogP contribution in [0.15, 0.2) is 48.5 Å². The molecule has 2 atom stereocenters. The Morgan fingerprint density at radius 1 is 1.12 bits per heavy atom. The molecule has 2 aliphatic rings. The highest BCUT2D eigenvalue weighted by Gasteiger charge is 2.50. The lowest BCUT2D eigenvalue weighted by atomic mass is 10.2. The number of halogens is 2. The smallest absolute Gasteiger partial charge is 0.257 e. The van der Waals surface area contributed by atoms with E-state index in [-0.39, 0.29) is 23.1 Å². The maximum Gasteiger partial charge on any atom is 0.257 e. The van der Waals surface area contributed by atoms with Gasteiger partial charge in [0.1, 0.15) is 17.2 Å². The zero-order chi connectivity index (χ0) is 16.8. The van der Waals surface area contributed by atoms with Crippen molar-refractivity contribution in [3.8, 4) is 0 Å². The summed E-state index contributed by atoms with van der Waals surface area (Å²) in [5, 5.41) is 1.01. The molecule has 2 aromatic rings. The summed E-state index contributed by atoms with van der Waals surface area (Å²) in [4.78, 5) is 16.3. The van der Waals surface area contributed by atoms with Crippen LogP contribution in [0, 0.1) is 5.82 Å². The normalized spacial score (nSPS) is 23.1. The van der Waals surface area contributed by atoms with Gasteiger partial charge in [-0.15, -0.1) is 11.8 Å². The van der Waals surface area contributed by atoms with E-state index in [1.54, 1.807) is 53.1 Å². The van der Waals surface area contributed by atoms with Crippen LogP contribution in [0.5, 0.6) is 0 Å². The average molecular weight is 379 g/mol. The first-order valence-corrected chi connectivity index (χ1v) is 9.18. The Kier molecular flexibility index (Phi) is 3.98. The quantitative estimate of drug-likeness (QED) is 0.730. The number of thioether (sulfide) groups is 1. The van der Waals surface area contributed by atoms with Gasteiger partial charge in [-0.05, 0) is 54.2 Å². The van der Waals surface area contributed by atoms with E-state index in [1.165, 1.54) is 12.1 Å². The third-order valence-corrected chi connectivity index (χ3v) is 6.13. The van der Waals surface area contributed by atoms with Crippen molar-refractivity contribution in [1.29, 1.82) is 0 Å². The molecule has 0 saturated carbocycles. The van der Waals surface area contributed by atoms with Crippen molar-refractivity contribution >= 4 is 52.3 Å². The van der Waals surface area contributed by atoms with Gasteiger partial charge < -0.3 is 4.90 Å². The topological polar surface area (TPSA) is 23.6 Å². The number of rotatable bonds is 2. The molecule has 0 radical (unpaired) electrons. The van der Waals surface area contributed by atoms with Crippen LogP contribution in [0.25, 0.3) is 0 Å². The van der Waals surface area contributed by atoms with Crippen LogP contribution in [0.2, 0.25) is 5.02 Å². The molecule has 3 nitrogen and oxygen atoms in total. The first-order valence-electron chi connectivity index (χ1n) is 7.35. The lowest BCUT2D eigenvalue weighted by Gasteiger charge is -2.25. The first-order chi connectivity index (χ1) is 11.6. The van der Waals surface area contributed by atoms with E-state index in [4.69, 9.17) is 23.8 Å². The Labute approximate surface area is 153 Å². The molecule has 0 aliphatic carbocycles. The van der Waals surface area contributed by atoms with Crippen molar-refractivity contribution in [3.05, 3.63) is 64.9 Å². The van der Waals surface area contributed by atoms with Gasteiger partial charge in [0, 0.05) is 10.8 Å². The second-order valence-electron chi connectivity index (χ2n) is 5.59. The zero-order valence-corrected chi connectivity index (χ0v) is 14.7. The summed E-state index contributed by atoms with van der Waals surface area (Å²) in [5.41, 5.74) is 1.66. The molecule has 0 aromatic heterocycles. The fourth-order valence-electron chi connectivity index (χ4n) is 3.00. The fraction of sp³-hybridized carbons (Fsp3) is 0.176. The number of benzene rings is 2. The second kappa shape index (κ2) is 6.02. The SMILES string of the molecule is O=C1[C@@H]2CS[C@H](c3ccc(F)cc3)N2C(=S)N1c1ccc(Cl)cc1. The van der Waals surface area contributed by atoms with E-state index in [1.807, 2.05) is 4.90 Å². The molecule has 0 N–H and O–H groups in total. The second-order valence-corrected chi connectivity index (χ2v) is 7.51. The van der Waals surface area contributed by atoms with Gasteiger partial charge in [0.15, 0.2) is 5.11 Å². The molecule has 2 aromatic carbocycles. The van der Waals surface area contributed by atoms with Crippen LogP contribution in [0.4, 0.5) is 10.1 Å². The van der Waals surface area contributed by atoms with E-state index in [2.05, 4.69) is 0 Å². The summed E-state index contributed by atoms with van der Waals surface area (Å²) in [6.45, 7) is 0. The summed E-state index contributed by atoms with van der Waals surface area (Å²) >= 11 is 13.2. The van der Waals surface area contributed by atoms with Gasteiger partial charge in [-0.1, -0.05) is 23.7 Å². The minimum atomic E-state index is -0.284. The highest BCUT2D eigenvalue weighted by molar-refractivity contribution is 7.99. The van der Waals surface area contributed by atoms with Crippen molar-refractivity contribution in [1.82, 2.24) is 4.90 Å². The molecule has 0 bridgehead atoms. The summed E-state index contributed by atoms with van der Waals surface area (Å²) in [6, 6.07) is 13.1. The van der Waals surface area contributed by atoms with E-state index in [0.29, 0.717) is 21.6 Å². The van der Waals surface area contributed by atoms with E-state index in [9.17, 15) is 9.18 Å². The van der Waals surface area contributed by atoms with Gasteiger partial charge >= 0.3 is 0 Å². The molecular weight excluding hydrogens is 367 g/mol. The highest BCUT2D eigenvalue weighted by Crippen LogP contribution is 2.46. The minimum Gasteiger partial charge on any atom is -0.319 e. The maximum absolute atomic E-state index is 13.2. The molecule has 4 rings (SSSR count). The molecule has 0 spiro atoms. The molecule has 24 heavy (non-hydrogen) atoms. The number of hydrogen-bond donors (Lipinski definition) is 0. The Balaban J connectivity index is 1.67. The molecular formula is C17H12ClFN2OS2. The van der Waals surface area contributed by atoms with Crippen LogP contribution >= 0.6 is 35.6 Å². The molecule has 2 heterocycles. The van der Waals surface area contributed by atoms with Crippen molar-refractivity contribution < 1.29 is 9.18 Å². The standard InChI is InChI=1S/C17H12ClFN2OS2/c18-11-3-7-13(8-4-11)20-15(22)14-9-24-16(21(14)17(20)23)10-1-5-12(19)6-2-10/h1-8,14,16H,9H2/t14-,16+/m0/s1. The van der Waals surface area contributed by atoms with Crippen LogP contribution in [-0.4, -0.2) is 27.7 Å². The monoisotopic (exact) mass is 378 g/mol. The number of hydrogen-bond acceptors (Lipinski definition) is 3. The largest absolute Gasteiger partial charge is 0.319 e. The van der Waals surface area contributed by atoms with Gasteiger partial charge in [-0.25, -0.2) is 4.39 Å². The average Bonchev–Trinajstić information content (AvgIpc) is 3.11. The van der Waals surface area contributed by atoms with E-state index in [0.717, 1.165) is 5.56 Å². The minimum absolute atomic E-state index is 0.0283. The molecule has 2 saturated heterocycles. The number of fused-ring (bicyclic) bond motifs is 1. The molecule has 2 fully saturated rings.